The lowest BCUT2D eigenvalue weighted by atomic mass is 10.0. The Morgan fingerprint density at radius 1 is 1.15 bits per heavy atom. The van der Waals surface area contributed by atoms with Crippen molar-refractivity contribution in [2.45, 2.75) is 32.7 Å². The first-order valence-electron chi connectivity index (χ1n) is 9.27. The number of hydrogen-bond acceptors (Lipinski definition) is 2. The Balaban J connectivity index is 1.80. The van der Waals surface area contributed by atoms with Crippen molar-refractivity contribution in [3.8, 4) is 0 Å². The van der Waals surface area contributed by atoms with Crippen LogP contribution in [-0.4, -0.2) is 28.0 Å². The van der Waals surface area contributed by atoms with Crippen molar-refractivity contribution in [2.24, 2.45) is 0 Å². The SMILES string of the molecule is C/C(=C1/CCc2cnccc21)n1c2c(c3cc(Cl)ccc31)CCN(C)C2. The van der Waals surface area contributed by atoms with Gasteiger partial charge in [-0.15, -0.1) is 0 Å². The van der Waals surface area contributed by atoms with E-state index in [4.69, 9.17) is 11.6 Å². The Bertz CT molecular complexity index is 1060. The molecule has 3 nitrogen and oxygen atoms in total. The zero-order chi connectivity index (χ0) is 17.8. The molecule has 0 saturated heterocycles. The molecule has 0 N–H and O–H groups in total. The van der Waals surface area contributed by atoms with Crippen LogP contribution in [0.1, 0.15) is 35.7 Å². The molecule has 132 valence electrons. The van der Waals surface area contributed by atoms with Gasteiger partial charge in [0.05, 0.1) is 5.52 Å². The van der Waals surface area contributed by atoms with Gasteiger partial charge in [0.2, 0.25) is 0 Å². The minimum Gasteiger partial charge on any atom is -0.316 e. The molecule has 1 aliphatic heterocycles. The van der Waals surface area contributed by atoms with Crippen molar-refractivity contribution in [3.05, 3.63) is 64.1 Å². The minimum atomic E-state index is 0.818. The highest BCUT2D eigenvalue weighted by Gasteiger charge is 2.26. The summed E-state index contributed by atoms with van der Waals surface area (Å²) in [4.78, 5) is 6.71. The highest BCUT2D eigenvalue weighted by atomic mass is 35.5. The van der Waals surface area contributed by atoms with Crippen molar-refractivity contribution >= 4 is 33.8 Å². The summed E-state index contributed by atoms with van der Waals surface area (Å²) >= 11 is 6.33. The maximum absolute atomic E-state index is 6.33. The number of rotatable bonds is 1. The molecule has 0 bridgehead atoms. The third-order valence-electron chi connectivity index (χ3n) is 5.95. The Morgan fingerprint density at radius 2 is 2.04 bits per heavy atom. The van der Waals surface area contributed by atoms with E-state index in [0.29, 0.717) is 0 Å². The molecule has 0 unspecified atom stereocenters. The smallest absolute Gasteiger partial charge is 0.0532 e. The molecule has 0 spiro atoms. The molecule has 4 heteroatoms. The summed E-state index contributed by atoms with van der Waals surface area (Å²) in [7, 11) is 2.21. The molecule has 0 saturated carbocycles. The number of aromatic nitrogens is 2. The molecule has 3 aromatic rings. The topological polar surface area (TPSA) is 21.1 Å². The molecule has 3 heterocycles. The number of nitrogens with zero attached hydrogens (tertiary/aromatic N) is 3. The zero-order valence-corrected chi connectivity index (χ0v) is 16.0. The maximum atomic E-state index is 6.33. The number of benzene rings is 1. The second-order valence-electron chi connectivity index (χ2n) is 7.51. The standard InChI is InChI=1S/C22H22ClN3/c1-14(17-5-3-15-12-24-9-7-18(15)17)26-21-6-4-16(23)11-20(21)19-8-10-25(2)13-22(19)26/h4,6-7,9,11-12H,3,5,8,10,13H2,1-2H3/b17-14+. The molecule has 0 fully saturated rings. The third kappa shape index (κ3) is 2.34. The molecule has 0 amide bonds. The molecule has 0 radical (unpaired) electrons. The number of hydrogen-bond donors (Lipinski definition) is 0. The summed E-state index contributed by atoms with van der Waals surface area (Å²) in [6, 6.07) is 8.51. The van der Waals surface area contributed by atoms with Gasteiger partial charge in [0.1, 0.15) is 0 Å². The third-order valence-corrected chi connectivity index (χ3v) is 6.19. The first kappa shape index (κ1) is 16.1. The van der Waals surface area contributed by atoms with Gasteiger partial charge >= 0.3 is 0 Å². The lowest BCUT2D eigenvalue weighted by Gasteiger charge is -2.25. The highest BCUT2D eigenvalue weighted by Crippen LogP contribution is 2.40. The van der Waals surface area contributed by atoms with Crippen molar-refractivity contribution < 1.29 is 0 Å². The molecule has 2 aliphatic rings. The average Bonchev–Trinajstić information content (AvgIpc) is 3.20. The second kappa shape index (κ2) is 5.97. The van der Waals surface area contributed by atoms with Gasteiger partial charge in [0.15, 0.2) is 0 Å². The maximum Gasteiger partial charge on any atom is 0.0532 e. The predicted octanol–water partition coefficient (Wildman–Crippen LogP) is 5.01. The molecule has 5 rings (SSSR count). The summed E-state index contributed by atoms with van der Waals surface area (Å²) in [5.74, 6) is 0. The van der Waals surface area contributed by atoms with Gasteiger partial charge in [-0.1, -0.05) is 11.6 Å². The predicted molar refractivity (Wildman–Crippen MR) is 108 cm³/mol. The first-order valence-corrected chi connectivity index (χ1v) is 9.65. The van der Waals surface area contributed by atoms with E-state index in [1.807, 2.05) is 18.5 Å². The zero-order valence-electron chi connectivity index (χ0n) is 15.2. The van der Waals surface area contributed by atoms with E-state index in [9.17, 15) is 0 Å². The Labute approximate surface area is 158 Å². The second-order valence-corrected chi connectivity index (χ2v) is 7.94. The lowest BCUT2D eigenvalue weighted by molar-refractivity contribution is 0.307. The van der Waals surface area contributed by atoms with Crippen molar-refractivity contribution in [3.63, 3.8) is 0 Å². The molecule has 2 aromatic heterocycles. The van der Waals surface area contributed by atoms with Gasteiger partial charge in [-0.05, 0) is 79.8 Å². The van der Waals surface area contributed by atoms with Gasteiger partial charge in [-0.25, -0.2) is 0 Å². The molecular weight excluding hydrogens is 342 g/mol. The van der Waals surface area contributed by atoms with Crippen molar-refractivity contribution in [1.82, 2.24) is 14.5 Å². The van der Waals surface area contributed by atoms with Gasteiger partial charge < -0.3 is 9.47 Å². The number of likely N-dealkylation sites (N-methyl/N-ethyl adjacent to an activating group) is 1. The average molecular weight is 364 g/mol. The monoisotopic (exact) mass is 363 g/mol. The van der Waals surface area contributed by atoms with Gasteiger partial charge in [0, 0.05) is 47.3 Å². The Hall–Kier alpha value is -2.10. The molecular formula is C22H22ClN3. The van der Waals surface area contributed by atoms with Crippen LogP contribution in [0.3, 0.4) is 0 Å². The van der Waals surface area contributed by atoms with Gasteiger partial charge in [-0.2, -0.15) is 0 Å². The van der Waals surface area contributed by atoms with Crippen LogP contribution in [0.5, 0.6) is 0 Å². The van der Waals surface area contributed by atoms with Crippen LogP contribution >= 0.6 is 11.6 Å². The summed E-state index contributed by atoms with van der Waals surface area (Å²) < 4.78 is 2.49. The van der Waals surface area contributed by atoms with E-state index in [0.717, 1.165) is 37.4 Å². The van der Waals surface area contributed by atoms with E-state index in [1.165, 1.54) is 44.6 Å². The number of halogens is 1. The van der Waals surface area contributed by atoms with E-state index >= 15 is 0 Å². The summed E-state index contributed by atoms with van der Waals surface area (Å²) in [5.41, 5.74) is 9.70. The minimum absolute atomic E-state index is 0.818. The van der Waals surface area contributed by atoms with E-state index in [1.54, 1.807) is 0 Å². The fourth-order valence-electron chi connectivity index (χ4n) is 4.67. The fraction of sp³-hybridized carbons (Fsp3) is 0.318. The summed E-state index contributed by atoms with van der Waals surface area (Å²) in [5, 5.41) is 2.13. The molecule has 26 heavy (non-hydrogen) atoms. The summed E-state index contributed by atoms with van der Waals surface area (Å²) in [6.45, 7) is 4.35. The number of aryl methyl sites for hydroxylation is 1. The largest absolute Gasteiger partial charge is 0.316 e. The quantitative estimate of drug-likeness (QED) is 0.605. The Morgan fingerprint density at radius 3 is 2.92 bits per heavy atom. The van der Waals surface area contributed by atoms with Gasteiger partial charge in [-0.3, -0.25) is 4.98 Å². The van der Waals surface area contributed by atoms with Crippen molar-refractivity contribution in [1.29, 1.82) is 0 Å². The highest BCUT2D eigenvalue weighted by molar-refractivity contribution is 6.31. The van der Waals surface area contributed by atoms with Crippen LogP contribution in [0.2, 0.25) is 5.02 Å². The van der Waals surface area contributed by atoms with E-state index < -0.39 is 0 Å². The van der Waals surface area contributed by atoms with Crippen LogP contribution in [0.4, 0.5) is 0 Å². The normalized spacial score (nSPS) is 18.9. The van der Waals surface area contributed by atoms with Crippen LogP contribution in [-0.2, 0) is 19.4 Å². The number of fused-ring (bicyclic) bond motifs is 4. The summed E-state index contributed by atoms with van der Waals surface area (Å²) in [6.07, 6.45) is 7.19. The van der Waals surface area contributed by atoms with E-state index in [-0.39, 0.29) is 0 Å². The lowest BCUT2D eigenvalue weighted by Crippen LogP contribution is -2.27. The number of pyridine rings is 1. The van der Waals surface area contributed by atoms with Crippen LogP contribution in [0.15, 0.2) is 36.7 Å². The van der Waals surface area contributed by atoms with E-state index in [2.05, 4.69) is 46.6 Å². The van der Waals surface area contributed by atoms with Crippen LogP contribution in [0.25, 0.3) is 22.2 Å². The Kier molecular flexibility index (Phi) is 3.70. The fourth-order valence-corrected chi connectivity index (χ4v) is 4.84. The number of allylic oxidation sites excluding steroid dienone is 2. The van der Waals surface area contributed by atoms with Crippen LogP contribution < -0.4 is 0 Å². The van der Waals surface area contributed by atoms with Crippen LogP contribution in [0, 0.1) is 0 Å². The van der Waals surface area contributed by atoms with Crippen molar-refractivity contribution in [2.75, 3.05) is 13.6 Å². The molecule has 0 atom stereocenters. The van der Waals surface area contributed by atoms with Gasteiger partial charge in [0.25, 0.3) is 0 Å². The first-order chi connectivity index (χ1) is 12.6. The molecule has 1 aliphatic carbocycles. The molecule has 1 aromatic carbocycles.